The first-order valence-electron chi connectivity index (χ1n) is 7.95. The molecular weight excluding hydrogens is 294 g/mol. The van der Waals surface area contributed by atoms with Crippen molar-refractivity contribution >= 4 is 5.91 Å². The first-order chi connectivity index (χ1) is 10.8. The standard InChI is InChI=1S/C18H27NO4/c1-17(2,3)19-16(20)18(8-10-23-11-9-18)13-6-7-14(21-4)15(12-13)22-5/h6-7,12H,8-11H2,1-5H3,(H,19,20). The molecule has 0 spiro atoms. The van der Waals surface area contributed by atoms with E-state index in [1.807, 2.05) is 39.0 Å². The van der Waals surface area contributed by atoms with E-state index in [-0.39, 0.29) is 11.4 Å². The van der Waals surface area contributed by atoms with E-state index in [0.717, 1.165) is 5.56 Å². The van der Waals surface area contributed by atoms with Crippen molar-refractivity contribution in [1.29, 1.82) is 0 Å². The van der Waals surface area contributed by atoms with E-state index in [4.69, 9.17) is 14.2 Å². The van der Waals surface area contributed by atoms with E-state index < -0.39 is 5.41 Å². The number of nitrogens with one attached hydrogen (secondary N) is 1. The Morgan fingerprint density at radius 3 is 2.26 bits per heavy atom. The predicted octanol–water partition coefficient (Wildman–Crippen LogP) is 2.67. The van der Waals surface area contributed by atoms with Gasteiger partial charge in [-0.1, -0.05) is 6.07 Å². The second-order valence-corrected chi connectivity index (χ2v) is 6.97. The summed E-state index contributed by atoms with van der Waals surface area (Å²) in [5, 5.41) is 3.13. The lowest BCUT2D eigenvalue weighted by Gasteiger charge is -2.38. The molecule has 1 N–H and O–H groups in total. The van der Waals surface area contributed by atoms with Crippen LogP contribution in [0.5, 0.6) is 11.5 Å². The van der Waals surface area contributed by atoms with Crippen molar-refractivity contribution in [2.45, 2.75) is 44.6 Å². The smallest absolute Gasteiger partial charge is 0.231 e. The Morgan fingerprint density at radius 2 is 1.74 bits per heavy atom. The van der Waals surface area contributed by atoms with Gasteiger partial charge in [-0.3, -0.25) is 4.79 Å². The van der Waals surface area contributed by atoms with Crippen LogP contribution in [0, 0.1) is 0 Å². The lowest BCUT2D eigenvalue weighted by atomic mass is 9.73. The van der Waals surface area contributed by atoms with Crippen molar-refractivity contribution < 1.29 is 19.0 Å². The molecule has 1 fully saturated rings. The highest BCUT2D eigenvalue weighted by molar-refractivity contribution is 5.89. The van der Waals surface area contributed by atoms with Gasteiger partial charge in [-0.2, -0.15) is 0 Å². The SMILES string of the molecule is COc1ccc(C2(C(=O)NC(C)(C)C)CCOCC2)cc1OC. The molecule has 1 heterocycles. The van der Waals surface area contributed by atoms with Crippen LogP contribution in [0.2, 0.25) is 0 Å². The molecule has 5 nitrogen and oxygen atoms in total. The van der Waals surface area contributed by atoms with Crippen molar-refractivity contribution in [3.63, 3.8) is 0 Å². The van der Waals surface area contributed by atoms with Gasteiger partial charge in [-0.15, -0.1) is 0 Å². The fourth-order valence-electron chi connectivity index (χ4n) is 2.96. The molecule has 128 valence electrons. The molecular formula is C18H27NO4. The third-order valence-electron chi connectivity index (χ3n) is 4.21. The van der Waals surface area contributed by atoms with Gasteiger partial charge in [0.25, 0.3) is 0 Å². The first kappa shape index (κ1) is 17.6. The number of rotatable bonds is 4. The van der Waals surface area contributed by atoms with Crippen LogP contribution in [0.1, 0.15) is 39.2 Å². The Kier molecular flexibility index (Phi) is 5.19. The topological polar surface area (TPSA) is 56.8 Å². The molecule has 1 aromatic rings. The average molecular weight is 321 g/mol. The molecule has 1 aliphatic rings. The summed E-state index contributed by atoms with van der Waals surface area (Å²) in [7, 11) is 3.21. The number of methoxy groups -OCH3 is 2. The molecule has 1 aromatic carbocycles. The lowest BCUT2D eigenvalue weighted by Crippen LogP contribution is -2.53. The Hall–Kier alpha value is -1.75. The van der Waals surface area contributed by atoms with Crippen LogP contribution in [0.4, 0.5) is 0 Å². The molecule has 23 heavy (non-hydrogen) atoms. The molecule has 2 rings (SSSR count). The van der Waals surface area contributed by atoms with Crippen molar-refractivity contribution in [2.75, 3.05) is 27.4 Å². The van der Waals surface area contributed by atoms with Gasteiger partial charge in [0.2, 0.25) is 5.91 Å². The fourth-order valence-corrected chi connectivity index (χ4v) is 2.96. The van der Waals surface area contributed by atoms with Crippen LogP contribution in [0.3, 0.4) is 0 Å². The van der Waals surface area contributed by atoms with Gasteiger partial charge >= 0.3 is 0 Å². The second-order valence-electron chi connectivity index (χ2n) is 6.97. The zero-order chi connectivity index (χ0) is 17.1. The van der Waals surface area contributed by atoms with Crippen molar-refractivity contribution in [1.82, 2.24) is 5.32 Å². The summed E-state index contributed by atoms with van der Waals surface area (Å²) in [5.74, 6) is 1.34. The van der Waals surface area contributed by atoms with Gasteiger partial charge in [0, 0.05) is 18.8 Å². The Morgan fingerprint density at radius 1 is 1.13 bits per heavy atom. The largest absolute Gasteiger partial charge is 0.493 e. The van der Waals surface area contributed by atoms with Gasteiger partial charge in [0.15, 0.2) is 11.5 Å². The number of benzene rings is 1. The van der Waals surface area contributed by atoms with Gasteiger partial charge in [-0.25, -0.2) is 0 Å². The minimum atomic E-state index is -0.592. The zero-order valence-electron chi connectivity index (χ0n) is 14.7. The number of carbonyl (C=O) groups is 1. The molecule has 1 amide bonds. The van der Waals surface area contributed by atoms with E-state index in [1.54, 1.807) is 14.2 Å². The van der Waals surface area contributed by atoms with Crippen LogP contribution in [-0.2, 0) is 14.9 Å². The maximum Gasteiger partial charge on any atom is 0.231 e. The molecule has 0 bridgehead atoms. The summed E-state index contributed by atoms with van der Waals surface area (Å²) in [6, 6.07) is 5.72. The van der Waals surface area contributed by atoms with Crippen molar-refractivity contribution in [3.8, 4) is 11.5 Å². The first-order valence-corrected chi connectivity index (χ1v) is 7.95. The normalized spacial score (nSPS) is 17.4. The summed E-state index contributed by atoms with van der Waals surface area (Å²) >= 11 is 0. The highest BCUT2D eigenvalue weighted by Gasteiger charge is 2.43. The summed E-state index contributed by atoms with van der Waals surface area (Å²) < 4.78 is 16.2. The third kappa shape index (κ3) is 3.78. The zero-order valence-corrected chi connectivity index (χ0v) is 14.7. The molecule has 1 saturated heterocycles. The molecule has 0 aromatic heterocycles. The van der Waals surface area contributed by atoms with E-state index in [2.05, 4.69) is 5.32 Å². The summed E-state index contributed by atoms with van der Waals surface area (Å²) in [6.07, 6.45) is 1.31. The number of ether oxygens (including phenoxy) is 3. The quantitative estimate of drug-likeness (QED) is 0.926. The number of hydrogen-bond acceptors (Lipinski definition) is 4. The molecule has 5 heteroatoms. The average Bonchev–Trinajstić information content (AvgIpc) is 2.53. The van der Waals surface area contributed by atoms with Gasteiger partial charge in [0.05, 0.1) is 19.6 Å². The van der Waals surface area contributed by atoms with E-state index in [9.17, 15) is 4.79 Å². The third-order valence-corrected chi connectivity index (χ3v) is 4.21. The van der Waals surface area contributed by atoms with E-state index >= 15 is 0 Å². The minimum absolute atomic E-state index is 0.0421. The minimum Gasteiger partial charge on any atom is -0.493 e. The van der Waals surface area contributed by atoms with Crippen LogP contribution >= 0.6 is 0 Å². The molecule has 1 aliphatic heterocycles. The van der Waals surface area contributed by atoms with Gasteiger partial charge < -0.3 is 19.5 Å². The Balaban J connectivity index is 2.44. The number of hydrogen-bond donors (Lipinski definition) is 1. The summed E-state index contributed by atoms with van der Waals surface area (Å²) in [4.78, 5) is 13.1. The molecule has 0 atom stereocenters. The van der Waals surface area contributed by atoms with Gasteiger partial charge in [0.1, 0.15) is 0 Å². The number of amides is 1. The molecule has 0 saturated carbocycles. The van der Waals surface area contributed by atoms with Crippen molar-refractivity contribution in [3.05, 3.63) is 23.8 Å². The monoisotopic (exact) mass is 321 g/mol. The van der Waals surface area contributed by atoms with Crippen molar-refractivity contribution in [2.24, 2.45) is 0 Å². The highest BCUT2D eigenvalue weighted by atomic mass is 16.5. The summed E-state index contributed by atoms with van der Waals surface area (Å²) in [5.41, 5.74) is 0.0736. The Labute approximate surface area is 138 Å². The van der Waals surface area contributed by atoms with E-state index in [0.29, 0.717) is 37.6 Å². The van der Waals surface area contributed by atoms with Crippen LogP contribution in [-0.4, -0.2) is 38.9 Å². The predicted molar refractivity (Wildman–Crippen MR) is 89.2 cm³/mol. The highest BCUT2D eigenvalue weighted by Crippen LogP contribution is 2.39. The fraction of sp³-hybridized carbons (Fsp3) is 0.611. The van der Waals surface area contributed by atoms with Crippen LogP contribution in [0.25, 0.3) is 0 Å². The maximum atomic E-state index is 13.1. The van der Waals surface area contributed by atoms with Crippen LogP contribution < -0.4 is 14.8 Å². The number of carbonyl (C=O) groups excluding carboxylic acids is 1. The Bertz CT molecular complexity index is 557. The molecule has 0 unspecified atom stereocenters. The lowest BCUT2D eigenvalue weighted by molar-refractivity contribution is -0.132. The second kappa shape index (κ2) is 6.79. The maximum absolute atomic E-state index is 13.1. The van der Waals surface area contributed by atoms with Crippen LogP contribution in [0.15, 0.2) is 18.2 Å². The summed E-state index contributed by atoms with van der Waals surface area (Å²) in [6.45, 7) is 7.13. The molecule has 0 radical (unpaired) electrons. The van der Waals surface area contributed by atoms with Gasteiger partial charge in [-0.05, 0) is 51.3 Å². The van der Waals surface area contributed by atoms with E-state index in [1.165, 1.54) is 0 Å². The molecule has 0 aliphatic carbocycles.